The first-order chi connectivity index (χ1) is 12.2. The SMILES string of the molecule is Cn1cc(CN2CCCN(C(=O)CCCc3ccccn3)CC2)cn1. The Labute approximate surface area is 149 Å². The van der Waals surface area contributed by atoms with Crippen LogP contribution in [0, 0.1) is 0 Å². The maximum Gasteiger partial charge on any atom is 0.222 e. The van der Waals surface area contributed by atoms with Gasteiger partial charge in [-0.2, -0.15) is 5.10 Å². The zero-order chi connectivity index (χ0) is 17.5. The standard InChI is InChI=1S/C19H27N5O/c1-22-15-17(14-21-22)16-23-10-5-11-24(13-12-23)19(25)8-4-7-18-6-2-3-9-20-18/h2-3,6,9,14-15H,4-5,7-8,10-13,16H2,1H3. The molecule has 2 aromatic rings. The molecule has 2 aromatic heterocycles. The van der Waals surface area contributed by atoms with Crippen LogP contribution in [0.4, 0.5) is 0 Å². The minimum absolute atomic E-state index is 0.277. The van der Waals surface area contributed by atoms with E-state index >= 15 is 0 Å². The molecule has 0 atom stereocenters. The minimum atomic E-state index is 0.277. The summed E-state index contributed by atoms with van der Waals surface area (Å²) in [7, 11) is 1.94. The molecule has 0 spiro atoms. The lowest BCUT2D eigenvalue weighted by Crippen LogP contribution is -2.35. The van der Waals surface area contributed by atoms with Crippen molar-refractivity contribution >= 4 is 5.91 Å². The molecule has 0 aromatic carbocycles. The van der Waals surface area contributed by atoms with Crippen molar-refractivity contribution in [3.05, 3.63) is 48.0 Å². The molecule has 1 saturated heterocycles. The lowest BCUT2D eigenvalue weighted by molar-refractivity contribution is -0.131. The third-order valence-electron chi connectivity index (χ3n) is 4.66. The van der Waals surface area contributed by atoms with Crippen LogP contribution in [0.3, 0.4) is 0 Å². The van der Waals surface area contributed by atoms with Crippen LogP contribution in [-0.4, -0.2) is 56.7 Å². The maximum atomic E-state index is 12.5. The average molecular weight is 341 g/mol. The van der Waals surface area contributed by atoms with E-state index < -0.39 is 0 Å². The van der Waals surface area contributed by atoms with Gasteiger partial charge in [-0.1, -0.05) is 6.07 Å². The van der Waals surface area contributed by atoms with Gasteiger partial charge in [0.25, 0.3) is 0 Å². The number of carbonyl (C=O) groups is 1. The third-order valence-corrected chi connectivity index (χ3v) is 4.66. The van der Waals surface area contributed by atoms with Crippen LogP contribution in [-0.2, 0) is 24.8 Å². The highest BCUT2D eigenvalue weighted by Crippen LogP contribution is 2.11. The number of rotatable bonds is 6. The van der Waals surface area contributed by atoms with Crippen LogP contribution in [0.1, 0.15) is 30.5 Å². The van der Waals surface area contributed by atoms with Gasteiger partial charge >= 0.3 is 0 Å². The molecule has 0 N–H and O–H groups in total. The number of pyridine rings is 1. The molecule has 0 radical (unpaired) electrons. The number of nitrogens with zero attached hydrogens (tertiary/aromatic N) is 5. The van der Waals surface area contributed by atoms with Crippen LogP contribution in [0.15, 0.2) is 36.8 Å². The Balaban J connectivity index is 1.41. The average Bonchev–Trinajstić information content (AvgIpc) is 2.89. The van der Waals surface area contributed by atoms with E-state index in [0.717, 1.165) is 57.7 Å². The van der Waals surface area contributed by atoms with E-state index in [1.165, 1.54) is 5.56 Å². The van der Waals surface area contributed by atoms with Gasteiger partial charge in [0.15, 0.2) is 0 Å². The van der Waals surface area contributed by atoms with E-state index in [0.29, 0.717) is 6.42 Å². The van der Waals surface area contributed by atoms with E-state index in [9.17, 15) is 4.79 Å². The van der Waals surface area contributed by atoms with Gasteiger partial charge in [0.05, 0.1) is 6.20 Å². The smallest absolute Gasteiger partial charge is 0.222 e. The van der Waals surface area contributed by atoms with Crippen LogP contribution < -0.4 is 0 Å². The van der Waals surface area contributed by atoms with Crippen molar-refractivity contribution in [2.45, 2.75) is 32.2 Å². The number of aryl methyl sites for hydroxylation is 2. The van der Waals surface area contributed by atoms with Gasteiger partial charge in [-0.05, 0) is 31.4 Å². The van der Waals surface area contributed by atoms with Crippen LogP contribution in [0.2, 0.25) is 0 Å². The van der Waals surface area contributed by atoms with Gasteiger partial charge in [-0.25, -0.2) is 0 Å². The monoisotopic (exact) mass is 341 g/mol. The Morgan fingerprint density at radius 2 is 2.12 bits per heavy atom. The van der Waals surface area contributed by atoms with Gasteiger partial charge in [-0.15, -0.1) is 0 Å². The molecule has 1 fully saturated rings. The van der Waals surface area contributed by atoms with Crippen molar-refractivity contribution in [1.82, 2.24) is 24.6 Å². The summed E-state index contributed by atoms with van der Waals surface area (Å²) in [5.41, 5.74) is 2.30. The van der Waals surface area contributed by atoms with E-state index in [2.05, 4.69) is 21.2 Å². The molecule has 1 aliphatic heterocycles. The Morgan fingerprint density at radius 3 is 2.88 bits per heavy atom. The summed E-state index contributed by atoms with van der Waals surface area (Å²) >= 11 is 0. The second-order valence-electron chi connectivity index (χ2n) is 6.71. The molecule has 0 saturated carbocycles. The van der Waals surface area contributed by atoms with Crippen molar-refractivity contribution in [1.29, 1.82) is 0 Å². The summed E-state index contributed by atoms with van der Waals surface area (Å²) in [5.74, 6) is 0.277. The topological polar surface area (TPSA) is 54.3 Å². The summed E-state index contributed by atoms with van der Waals surface area (Å²) < 4.78 is 1.84. The molecular weight excluding hydrogens is 314 g/mol. The van der Waals surface area contributed by atoms with Crippen LogP contribution in [0.5, 0.6) is 0 Å². The molecule has 0 unspecified atom stereocenters. The maximum absolute atomic E-state index is 12.5. The largest absolute Gasteiger partial charge is 0.341 e. The van der Waals surface area contributed by atoms with E-state index in [4.69, 9.17) is 0 Å². The molecule has 0 bridgehead atoms. The number of hydrogen-bond acceptors (Lipinski definition) is 4. The Morgan fingerprint density at radius 1 is 1.20 bits per heavy atom. The third kappa shape index (κ3) is 5.39. The first-order valence-electron chi connectivity index (χ1n) is 9.08. The second kappa shape index (κ2) is 8.76. The molecule has 1 aliphatic rings. The Kier molecular flexibility index (Phi) is 6.17. The quantitative estimate of drug-likeness (QED) is 0.805. The molecular formula is C19H27N5O. The molecule has 6 heteroatoms. The highest BCUT2D eigenvalue weighted by molar-refractivity contribution is 5.76. The van der Waals surface area contributed by atoms with Gasteiger partial charge in [0.2, 0.25) is 5.91 Å². The van der Waals surface area contributed by atoms with Crippen molar-refractivity contribution in [2.24, 2.45) is 7.05 Å². The zero-order valence-electron chi connectivity index (χ0n) is 15.0. The first-order valence-corrected chi connectivity index (χ1v) is 9.08. The number of aromatic nitrogens is 3. The molecule has 6 nitrogen and oxygen atoms in total. The van der Waals surface area contributed by atoms with Crippen molar-refractivity contribution < 1.29 is 4.79 Å². The fourth-order valence-electron chi connectivity index (χ4n) is 3.32. The van der Waals surface area contributed by atoms with Crippen molar-refractivity contribution in [2.75, 3.05) is 26.2 Å². The van der Waals surface area contributed by atoms with Crippen LogP contribution in [0.25, 0.3) is 0 Å². The molecule has 3 heterocycles. The van der Waals surface area contributed by atoms with Gasteiger partial charge in [0, 0.05) is 69.8 Å². The summed E-state index contributed by atoms with van der Waals surface area (Å²) in [6.45, 7) is 4.57. The molecule has 3 rings (SSSR count). The van der Waals surface area contributed by atoms with Crippen molar-refractivity contribution in [3.63, 3.8) is 0 Å². The predicted molar refractivity (Wildman–Crippen MR) is 96.9 cm³/mol. The fourth-order valence-corrected chi connectivity index (χ4v) is 3.32. The summed E-state index contributed by atoms with van der Waals surface area (Å²) in [6, 6.07) is 5.94. The fraction of sp³-hybridized carbons (Fsp3) is 0.526. The molecule has 134 valence electrons. The number of carbonyl (C=O) groups excluding carboxylic acids is 1. The van der Waals surface area contributed by atoms with Gasteiger partial charge in [-0.3, -0.25) is 19.4 Å². The van der Waals surface area contributed by atoms with Gasteiger partial charge in [0.1, 0.15) is 0 Å². The molecule has 1 amide bonds. The lowest BCUT2D eigenvalue weighted by Gasteiger charge is -2.21. The summed E-state index contributed by atoms with van der Waals surface area (Å²) in [6.07, 6.45) is 9.17. The highest BCUT2D eigenvalue weighted by atomic mass is 16.2. The summed E-state index contributed by atoms with van der Waals surface area (Å²) in [4.78, 5) is 21.2. The first kappa shape index (κ1) is 17.6. The van der Waals surface area contributed by atoms with Crippen molar-refractivity contribution in [3.8, 4) is 0 Å². The van der Waals surface area contributed by atoms with Gasteiger partial charge < -0.3 is 4.90 Å². The van der Waals surface area contributed by atoms with E-state index in [1.54, 1.807) is 0 Å². The lowest BCUT2D eigenvalue weighted by atomic mass is 10.1. The normalized spacial score (nSPS) is 16.0. The highest BCUT2D eigenvalue weighted by Gasteiger charge is 2.19. The Hall–Kier alpha value is -2.21. The van der Waals surface area contributed by atoms with Crippen LogP contribution >= 0.6 is 0 Å². The number of amides is 1. The Bertz CT molecular complexity index is 669. The number of hydrogen-bond donors (Lipinski definition) is 0. The molecule has 0 aliphatic carbocycles. The second-order valence-corrected chi connectivity index (χ2v) is 6.71. The predicted octanol–water partition coefficient (Wildman–Crippen LogP) is 1.87. The summed E-state index contributed by atoms with van der Waals surface area (Å²) in [5, 5.41) is 4.23. The van der Waals surface area contributed by atoms with E-state index in [-0.39, 0.29) is 5.91 Å². The van der Waals surface area contributed by atoms with E-state index in [1.807, 2.05) is 47.2 Å². The zero-order valence-corrected chi connectivity index (χ0v) is 15.0. The minimum Gasteiger partial charge on any atom is -0.341 e. The molecule has 25 heavy (non-hydrogen) atoms.